The second-order valence-electron chi connectivity index (χ2n) is 6.66. The minimum atomic E-state index is -0.234. The first-order chi connectivity index (χ1) is 12.7. The van der Waals surface area contributed by atoms with Crippen LogP contribution in [0.25, 0.3) is 11.0 Å². The lowest BCUT2D eigenvalue weighted by atomic mass is 9.91. The van der Waals surface area contributed by atoms with Crippen LogP contribution < -0.4 is 5.32 Å². The second kappa shape index (κ2) is 7.29. The predicted molar refractivity (Wildman–Crippen MR) is 97.4 cm³/mol. The van der Waals surface area contributed by atoms with Gasteiger partial charge in [-0.2, -0.15) is 5.10 Å². The van der Waals surface area contributed by atoms with Gasteiger partial charge in [0.1, 0.15) is 11.9 Å². The first kappa shape index (κ1) is 16.8. The maximum Gasteiger partial charge on any atom is 0.226 e. The molecule has 3 aromatic rings. The van der Waals surface area contributed by atoms with Crippen molar-refractivity contribution in [1.82, 2.24) is 25.1 Å². The molecule has 1 amide bonds. The SMILES string of the molecule is Cn1nccc1[C@@H]1OCCC[C@H]1C(=O)NCCc1nc2ccccc2[nH]1. The Morgan fingerprint density at radius 3 is 3.08 bits per heavy atom. The molecule has 3 heterocycles. The summed E-state index contributed by atoms with van der Waals surface area (Å²) in [5.74, 6) is 0.733. The van der Waals surface area contributed by atoms with E-state index in [-0.39, 0.29) is 17.9 Å². The van der Waals surface area contributed by atoms with E-state index in [1.165, 1.54) is 0 Å². The van der Waals surface area contributed by atoms with Crippen LogP contribution in [0.3, 0.4) is 0 Å². The number of benzene rings is 1. The van der Waals surface area contributed by atoms with Crippen LogP contribution in [0.4, 0.5) is 0 Å². The number of amides is 1. The summed E-state index contributed by atoms with van der Waals surface area (Å²) in [5, 5.41) is 7.25. The van der Waals surface area contributed by atoms with Crippen molar-refractivity contribution in [3.63, 3.8) is 0 Å². The number of nitrogens with zero attached hydrogens (tertiary/aromatic N) is 3. The largest absolute Gasteiger partial charge is 0.371 e. The molecule has 1 saturated heterocycles. The highest BCUT2D eigenvalue weighted by Gasteiger charge is 2.34. The minimum absolute atomic E-state index is 0.0343. The fourth-order valence-electron chi connectivity index (χ4n) is 3.56. The van der Waals surface area contributed by atoms with Crippen molar-refractivity contribution in [2.75, 3.05) is 13.2 Å². The van der Waals surface area contributed by atoms with Crippen molar-refractivity contribution >= 4 is 16.9 Å². The number of hydrogen-bond donors (Lipinski definition) is 2. The van der Waals surface area contributed by atoms with Crippen LogP contribution in [-0.2, 0) is 23.0 Å². The molecule has 136 valence electrons. The maximum absolute atomic E-state index is 12.7. The zero-order valence-corrected chi connectivity index (χ0v) is 14.8. The summed E-state index contributed by atoms with van der Waals surface area (Å²) < 4.78 is 7.68. The van der Waals surface area contributed by atoms with Crippen LogP contribution in [0.15, 0.2) is 36.5 Å². The molecule has 2 N–H and O–H groups in total. The maximum atomic E-state index is 12.7. The molecule has 4 rings (SSSR count). The number of hydrogen-bond acceptors (Lipinski definition) is 4. The Balaban J connectivity index is 1.38. The summed E-state index contributed by atoms with van der Waals surface area (Å²) in [6, 6.07) is 9.85. The third-order valence-electron chi connectivity index (χ3n) is 4.91. The number of carbonyl (C=O) groups excluding carboxylic acids is 1. The molecule has 1 aromatic carbocycles. The molecule has 0 bridgehead atoms. The van der Waals surface area contributed by atoms with E-state index in [0.717, 1.165) is 35.4 Å². The average molecular weight is 353 g/mol. The molecule has 1 fully saturated rings. The highest BCUT2D eigenvalue weighted by molar-refractivity contribution is 5.79. The lowest BCUT2D eigenvalue weighted by molar-refractivity contribution is -0.135. The Hall–Kier alpha value is -2.67. The van der Waals surface area contributed by atoms with Gasteiger partial charge in [-0.3, -0.25) is 9.48 Å². The molecule has 0 saturated carbocycles. The molecule has 0 aliphatic carbocycles. The van der Waals surface area contributed by atoms with Gasteiger partial charge < -0.3 is 15.0 Å². The number of fused-ring (bicyclic) bond motifs is 1. The minimum Gasteiger partial charge on any atom is -0.371 e. The number of nitrogens with one attached hydrogen (secondary N) is 2. The molecule has 2 atom stereocenters. The third-order valence-corrected chi connectivity index (χ3v) is 4.91. The van der Waals surface area contributed by atoms with Gasteiger partial charge in [-0.1, -0.05) is 12.1 Å². The van der Waals surface area contributed by atoms with Gasteiger partial charge in [0, 0.05) is 32.8 Å². The Morgan fingerprint density at radius 2 is 2.27 bits per heavy atom. The zero-order valence-electron chi connectivity index (χ0n) is 14.8. The first-order valence-electron chi connectivity index (χ1n) is 9.03. The van der Waals surface area contributed by atoms with Gasteiger partial charge in [-0.25, -0.2) is 4.98 Å². The van der Waals surface area contributed by atoms with Gasteiger partial charge in [0.15, 0.2) is 0 Å². The Kier molecular flexibility index (Phi) is 4.71. The molecule has 1 aliphatic rings. The van der Waals surface area contributed by atoms with E-state index in [2.05, 4.69) is 20.4 Å². The second-order valence-corrected chi connectivity index (χ2v) is 6.66. The van der Waals surface area contributed by atoms with Gasteiger partial charge in [0.2, 0.25) is 5.91 Å². The smallest absolute Gasteiger partial charge is 0.226 e. The fourth-order valence-corrected chi connectivity index (χ4v) is 3.56. The van der Waals surface area contributed by atoms with E-state index in [1.54, 1.807) is 10.9 Å². The Morgan fingerprint density at radius 1 is 1.38 bits per heavy atom. The molecule has 26 heavy (non-hydrogen) atoms. The summed E-state index contributed by atoms with van der Waals surface area (Å²) in [6.07, 6.45) is 3.90. The molecular formula is C19H23N5O2. The van der Waals surface area contributed by atoms with E-state index in [4.69, 9.17) is 4.74 Å². The van der Waals surface area contributed by atoms with Crippen molar-refractivity contribution < 1.29 is 9.53 Å². The average Bonchev–Trinajstić information content (AvgIpc) is 3.27. The van der Waals surface area contributed by atoms with E-state index < -0.39 is 0 Å². The molecule has 1 aliphatic heterocycles. The molecule has 0 spiro atoms. The van der Waals surface area contributed by atoms with Gasteiger partial charge >= 0.3 is 0 Å². The molecular weight excluding hydrogens is 330 g/mol. The predicted octanol–water partition coefficient (Wildman–Crippen LogP) is 2.12. The quantitative estimate of drug-likeness (QED) is 0.736. The summed E-state index contributed by atoms with van der Waals surface area (Å²) >= 11 is 0. The van der Waals surface area contributed by atoms with Crippen molar-refractivity contribution in [3.8, 4) is 0 Å². The molecule has 2 aromatic heterocycles. The number of aromatic amines is 1. The van der Waals surface area contributed by atoms with Crippen LogP contribution in [-0.4, -0.2) is 38.8 Å². The lowest BCUT2D eigenvalue weighted by Gasteiger charge is -2.30. The number of aryl methyl sites for hydroxylation is 1. The number of carbonyl (C=O) groups is 1. The summed E-state index contributed by atoms with van der Waals surface area (Å²) in [4.78, 5) is 20.6. The number of ether oxygens (including phenoxy) is 1. The van der Waals surface area contributed by atoms with E-state index in [9.17, 15) is 4.79 Å². The first-order valence-corrected chi connectivity index (χ1v) is 9.03. The highest BCUT2D eigenvalue weighted by atomic mass is 16.5. The van der Waals surface area contributed by atoms with Crippen LogP contribution in [0.2, 0.25) is 0 Å². The van der Waals surface area contributed by atoms with E-state index >= 15 is 0 Å². The summed E-state index contributed by atoms with van der Waals surface area (Å²) in [6.45, 7) is 1.23. The van der Waals surface area contributed by atoms with Gasteiger partial charge in [-0.05, 0) is 31.0 Å². The van der Waals surface area contributed by atoms with Crippen LogP contribution in [0.1, 0.15) is 30.5 Å². The van der Waals surface area contributed by atoms with E-state index in [1.807, 2.05) is 37.4 Å². The lowest BCUT2D eigenvalue weighted by Crippen LogP contribution is -2.39. The van der Waals surface area contributed by atoms with Crippen molar-refractivity contribution in [3.05, 3.63) is 48.0 Å². The molecule has 7 heteroatoms. The van der Waals surface area contributed by atoms with Gasteiger partial charge in [0.25, 0.3) is 0 Å². The molecule has 0 unspecified atom stereocenters. The third kappa shape index (κ3) is 3.35. The Bertz CT molecular complexity index is 867. The number of imidazole rings is 1. The summed E-state index contributed by atoms with van der Waals surface area (Å²) in [5.41, 5.74) is 2.92. The van der Waals surface area contributed by atoms with Crippen molar-refractivity contribution in [2.45, 2.75) is 25.4 Å². The molecule has 7 nitrogen and oxygen atoms in total. The summed E-state index contributed by atoms with van der Waals surface area (Å²) in [7, 11) is 1.88. The van der Waals surface area contributed by atoms with Gasteiger partial charge in [0.05, 0.1) is 22.6 Å². The number of para-hydroxylation sites is 2. The number of aromatic nitrogens is 4. The standard InChI is InChI=1S/C19H23N5O2/c1-24-16(8-11-21-24)18-13(5-4-12-26-18)19(25)20-10-9-17-22-14-6-2-3-7-15(14)23-17/h2-3,6-8,11,13,18H,4-5,9-10,12H2,1H3,(H,20,25)(H,22,23)/t13-,18-/m1/s1. The van der Waals surface area contributed by atoms with Crippen LogP contribution in [0, 0.1) is 5.92 Å². The number of H-pyrrole nitrogens is 1. The van der Waals surface area contributed by atoms with Gasteiger partial charge in [-0.15, -0.1) is 0 Å². The zero-order chi connectivity index (χ0) is 17.9. The monoisotopic (exact) mass is 353 g/mol. The van der Waals surface area contributed by atoms with Crippen LogP contribution in [0.5, 0.6) is 0 Å². The normalized spacial score (nSPS) is 20.3. The van der Waals surface area contributed by atoms with E-state index in [0.29, 0.717) is 19.6 Å². The van der Waals surface area contributed by atoms with Crippen LogP contribution >= 0.6 is 0 Å². The van der Waals surface area contributed by atoms with Crippen molar-refractivity contribution in [1.29, 1.82) is 0 Å². The number of rotatable bonds is 5. The highest BCUT2D eigenvalue weighted by Crippen LogP contribution is 2.33. The molecule has 0 radical (unpaired) electrons. The van der Waals surface area contributed by atoms with Crippen molar-refractivity contribution in [2.24, 2.45) is 13.0 Å². The topological polar surface area (TPSA) is 84.8 Å². The fraction of sp³-hybridized carbons (Fsp3) is 0.421. The Labute approximate surface area is 151 Å².